The van der Waals surface area contributed by atoms with Crippen molar-refractivity contribution in [3.05, 3.63) is 34.2 Å². The highest BCUT2D eigenvalue weighted by atomic mass is 16.5. The lowest BCUT2D eigenvalue weighted by Crippen LogP contribution is -2.42. The molecule has 1 aliphatic rings. The maximum Gasteiger partial charge on any atom is 0.253 e. The molecule has 1 N–H and O–H groups in total. The lowest BCUT2D eigenvalue weighted by Gasteiger charge is -2.22. The van der Waals surface area contributed by atoms with Gasteiger partial charge in [0.05, 0.1) is 17.7 Å². The number of hydrogen-bond donors (Lipinski definition) is 1. The Labute approximate surface area is 112 Å². The van der Waals surface area contributed by atoms with Crippen LogP contribution in [0.4, 0.5) is 0 Å². The molecule has 0 spiro atoms. The number of nitrogens with zero attached hydrogens (tertiary/aromatic N) is 1. The third kappa shape index (κ3) is 3.23. The third-order valence-corrected chi connectivity index (χ3v) is 3.52. The van der Waals surface area contributed by atoms with Crippen molar-refractivity contribution < 1.29 is 9.53 Å². The van der Waals surface area contributed by atoms with Gasteiger partial charge in [-0.2, -0.15) is 0 Å². The van der Waals surface area contributed by atoms with E-state index in [0.717, 1.165) is 25.9 Å². The Morgan fingerprint density at radius 1 is 1.58 bits per heavy atom. The number of aryl methyl sites for hydroxylation is 1. The van der Waals surface area contributed by atoms with Crippen molar-refractivity contribution in [1.29, 1.82) is 0 Å². The molecule has 1 amide bonds. The molecule has 1 aromatic rings. The van der Waals surface area contributed by atoms with E-state index in [9.17, 15) is 9.59 Å². The number of hydrogen-bond acceptors (Lipinski definition) is 3. The molecule has 5 nitrogen and oxygen atoms in total. The van der Waals surface area contributed by atoms with E-state index in [1.54, 1.807) is 19.3 Å². The lowest BCUT2D eigenvalue weighted by molar-refractivity contribution is 0.0665. The molecule has 1 aromatic heterocycles. The quantitative estimate of drug-likeness (QED) is 0.885. The van der Waals surface area contributed by atoms with Crippen molar-refractivity contribution in [3.63, 3.8) is 0 Å². The molecule has 0 unspecified atom stereocenters. The van der Waals surface area contributed by atoms with Crippen LogP contribution >= 0.6 is 0 Å². The van der Waals surface area contributed by atoms with Gasteiger partial charge < -0.3 is 14.6 Å². The predicted molar refractivity (Wildman–Crippen MR) is 72.2 cm³/mol. The van der Waals surface area contributed by atoms with Crippen molar-refractivity contribution in [3.8, 4) is 0 Å². The first-order valence-corrected chi connectivity index (χ1v) is 6.71. The van der Waals surface area contributed by atoms with Crippen LogP contribution in [0.3, 0.4) is 0 Å². The largest absolute Gasteiger partial charge is 0.376 e. The van der Waals surface area contributed by atoms with Gasteiger partial charge in [-0.3, -0.25) is 9.59 Å². The van der Waals surface area contributed by atoms with Gasteiger partial charge in [0, 0.05) is 25.9 Å². The van der Waals surface area contributed by atoms with Crippen molar-refractivity contribution in [1.82, 2.24) is 9.88 Å². The number of nitrogens with one attached hydrogen (secondary N) is 1. The van der Waals surface area contributed by atoms with Crippen LogP contribution in [0.15, 0.2) is 23.1 Å². The second kappa shape index (κ2) is 6.02. The minimum Gasteiger partial charge on any atom is -0.376 e. The fourth-order valence-electron chi connectivity index (χ4n) is 2.36. The van der Waals surface area contributed by atoms with Crippen LogP contribution in [-0.4, -0.2) is 29.2 Å². The summed E-state index contributed by atoms with van der Waals surface area (Å²) in [4.78, 5) is 23.4. The van der Waals surface area contributed by atoms with E-state index < -0.39 is 0 Å². The maximum atomic E-state index is 12.2. The summed E-state index contributed by atoms with van der Waals surface area (Å²) in [6.45, 7) is 2.81. The molecule has 0 aliphatic carbocycles. The van der Waals surface area contributed by atoms with Crippen LogP contribution in [0.2, 0.25) is 0 Å². The summed E-state index contributed by atoms with van der Waals surface area (Å²) in [5.41, 5.74) is 0.376. The predicted octanol–water partition coefficient (Wildman–Crippen LogP) is 1.07. The summed E-state index contributed by atoms with van der Waals surface area (Å²) < 4.78 is 7.02. The van der Waals surface area contributed by atoms with E-state index >= 15 is 0 Å². The number of rotatable bonds is 4. The molecule has 104 valence electrons. The van der Waals surface area contributed by atoms with Crippen molar-refractivity contribution in [2.75, 3.05) is 6.61 Å². The summed E-state index contributed by atoms with van der Waals surface area (Å²) >= 11 is 0. The van der Waals surface area contributed by atoms with Gasteiger partial charge in [0.1, 0.15) is 0 Å². The van der Waals surface area contributed by atoms with Crippen molar-refractivity contribution >= 4 is 5.91 Å². The van der Waals surface area contributed by atoms with Crippen molar-refractivity contribution in [2.45, 2.75) is 38.3 Å². The van der Waals surface area contributed by atoms with E-state index in [1.807, 2.05) is 6.92 Å². The molecule has 1 aliphatic heterocycles. The monoisotopic (exact) mass is 264 g/mol. The normalized spacial score (nSPS) is 20.2. The molecule has 2 atom stereocenters. The number of carbonyl (C=O) groups excluding carboxylic acids is 1. The molecule has 0 bridgehead atoms. The molecule has 5 heteroatoms. The van der Waals surface area contributed by atoms with E-state index in [1.165, 1.54) is 10.6 Å². The summed E-state index contributed by atoms with van der Waals surface area (Å²) in [6.07, 6.45) is 4.55. The van der Waals surface area contributed by atoms with Crippen LogP contribution in [0.1, 0.15) is 36.5 Å². The fraction of sp³-hybridized carbons (Fsp3) is 0.571. The van der Waals surface area contributed by atoms with Crippen molar-refractivity contribution in [2.24, 2.45) is 7.05 Å². The minimum atomic E-state index is -0.155. The highest BCUT2D eigenvalue weighted by Crippen LogP contribution is 2.17. The van der Waals surface area contributed by atoms with Gasteiger partial charge in [-0.15, -0.1) is 0 Å². The summed E-state index contributed by atoms with van der Waals surface area (Å²) in [5, 5.41) is 2.99. The Hall–Kier alpha value is -1.62. The molecule has 2 heterocycles. The molecule has 1 fully saturated rings. The Kier molecular flexibility index (Phi) is 4.37. The van der Waals surface area contributed by atoms with Gasteiger partial charge in [0.15, 0.2) is 0 Å². The second-order valence-electron chi connectivity index (χ2n) is 4.91. The van der Waals surface area contributed by atoms with E-state index in [4.69, 9.17) is 4.74 Å². The van der Waals surface area contributed by atoms with Crippen LogP contribution in [0, 0.1) is 0 Å². The SMILES string of the molecule is CC[C@H](NC(=O)c1ccc(=O)n(C)c1)[C@@H]1CCCO1. The zero-order valence-corrected chi connectivity index (χ0v) is 11.4. The number of amides is 1. The Morgan fingerprint density at radius 3 is 2.95 bits per heavy atom. The number of aromatic nitrogens is 1. The smallest absolute Gasteiger partial charge is 0.253 e. The summed E-state index contributed by atoms with van der Waals surface area (Å²) in [6, 6.07) is 2.99. The highest BCUT2D eigenvalue weighted by Gasteiger charge is 2.26. The van der Waals surface area contributed by atoms with Gasteiger partial charge >= 0.3 is 0 Å². The first-order valence-electron chi connectivity index (χ1n) is 6.71. The first kappa shape index (κ1) is 13.8. The van der Waals surface area contributed by atoms with Gasteiger partial charge in [-0.25, -0.2) is 0 Å². The Morgan fingerprint density at radius 2 is 2.37 bits per heavy atom. The Balaban J connectivity index is 2.06. The first-order chi connectivity index (χ1) is 9.11. The number of ether oxygens (including phenoxy) is 1. The number of pyridine rings is 1. The zero-order valence-electron chi connectivity index (χ0n) is 11.4. The van der Waals surface area contributed by atoms with Crippen LogP contribution in [0.25, 0.3) is 0 Å². The third-order valence-electron chi connectivity index (χ3n) is 3.52. The molecular formula is C14H20N2O3. The van der Waals surface area contributed by atoms with E-state index in [-0.39, 0.29) is 23.6 Å². The summed E-state index contributed by atoms with van der Waals surface area (Å²) in [5.74, 6) is -0.155. The van der Waals surface area contributed by atoms with Gasteiger partial charge in [0.2, 0.25) is 5.56 Å². The van der Waals surface area contributed by atoms with E-state index in [0.29, 0.717) is 5.56 Å². The van der Waals surface area contributed by atoms with Gasteiger partial charge in [0.25, 0.3) is 5.91 Å². The lowest BCUT2D eigenvalue weighted by atomic mass is 10.1. The molecule has 0 aromatic carbocycles. The summed E-state index contributed by atoms with van der Waals surface area (Å²) in [7, 11) is 1.64. The topological polar surface area (TPSA) is 60.3 Å². The van der Waals surface area contributed by atoms with E-state index in [2.05, 4.69) is 5.32 Å². The fourth-order valence-corrected chi connectivity index (χ4v) is 2.36. The average Bonchev–Trinajstić information content (AvgIpc) is 2.92. The highest BCUT2D eigenvalue weighted by molar-refractivity contribution is 5.94. The standard InChI is InChI=1S/C14H20N2O3/c1-3-11(12-5-4-8-19-12)15-14(18)10-6-7-13(17)16(2)9-10/h6-7,9,11-12H,3-5,8H2,1-2H3,(H,15,18)/t11-,12-/m0/s1. The van der Waals surface area contributed by atoms with Crippen LogP contribution < -0.4 is 10.9 Å². The molecule has 2 rings (SSSR count). The zero-order chi connectivity index (χ0) is 13.8. The van der Waals surface area contributed by atoms with Gasteiger partial charge in [-0.1, -0.05) is 6.92 Å². The molecule has 0 saturated carbocycles. The molecule has 1 saturated heterocycles. The molecule has 0 radical (unpaired) electrons. The Bertz CT molecular complexity index is 504. The molecular weight excluding hydrogens is 244 g/mol. The number of carbonyl (C=O) groups is 1. The average molecular weight is 264 g/mol. The maximum absolute atomic E-state index is 12.2. The minimum absolute atomic E-state index is 0.0345. The van der Waals surface area contributed by atoms with Crippen LogP contribution in [-0.2, 0) is 11.8 Å². The second-order valence-corrected chi connectivity index (χ2v) is 4.91. The molecule has 19 heavy (non-hydrogen) atoms. The van der Waals surface area contributed by atoms with Crippen LogP contribution in [0.5, 0.6) is 0 Å². The van der Waals surface area contributed by atoms with Gasteiger partial charge in [-0.05, 0) is 25.3 Å².